The average molecular weight is 601 g/mol. The molecule has 0 nitrogen and oxygen atoms in total. The van der Waals surface area contributed by atoms with Gasteiger partial charge in [-0.25, -0.2) is 0 Å². The van der Waals surface area contributed by atoms with Crippen molar-refractivity contribution in [3.63, 3.8) is 0 Å². The van der Waals surface area contributed by atoms with Gasteiger partial charge in [0.25, 0.3) is 0 Å². The summed E-state index contributed by atoms with van der Waals surface area (Å²) < 4.78 is 95.0. The predicted molar refractivity (Wildman–Crippen MR) is 159 cm³/mol. The van der Waals surface area contributed by atoms with Gasteiger partial charge in [-0.15, -0.1) is 22.7 Å². The van der Waals surface area contributed by atoms with Crippen molar-refractivity contribution in [3.8, 4) is 20.9 Å². The van der Waals surface area contributed by atoms with E-state index in [0.717, 1.165) is 22.7 Å². The molecule has 1 aliphatic rings. The van der Waals surface area contributed by atoms with Gasteiger partial charge in [-0.05, 0) is 55.5 Å². The predicted octanol–water partition coefficient (Wildman–Crippen LogP) is 11.5. The Kier molecular flexibility index (Phi) is 7.23. The Morgan fingerprint density at radius 1 is 0.683 bits per heavy atom. The minimum absolute atomic E-state index is 0.216. The van der Waals surface area contributed by atoms with Crippen molar-refractivity contribution < 1.29 is 26.3 Å². The van der Waals surface area contributed by atoms with Gasteiger partial charge in [0.2, 0.25) is 0 Å². The van der Waals surface area contributed by atoms with Crippen LogP contribution in [-0.4, -0.2) is 17.8 Å². The zero-order valence-corrected chi connectivity index (χ0v) is 24.4. The number of hydrogen-bond donors (Lipinski definition) is 0. The van der Waals surface area contributed by atoms with Crippen LogP contribution in [0.2, 0.25) is 0 Å². The van der Waals surface area contributed by atoms with E-state index in [-0.39, 0.29) is 32.0 Å². The van der Waals surface area contributed by atoms with Crippen molar-refractivity contribution in [1.82, 2.24) is 0 Å². The lowest BCUT2D eigenvalue weighted by Crippen LogP contribution is -2.49. The summed E-state index contributed by atoms with van der Waals surface area (Å²) in [6, 6.07) is 17.3. The fraction of sp³-hybridized carbons (Fsp3) is 0.212. The van der Waals surface area contributed by atoms with Gasteiger partial charge in [-0.3, -0.25) is 0 Å². The molecule has 0 saturated carbocycles. The molecule has 5 rings (SSSR count). The lowest BCUT2D eigenvalue weighted by molar-refractivity contribution is -0.254. The van der Waals surface area contributed by atoms with E-state index < -0.39 is 28.9 Å². The summed E-state index contributed by atoms with van der Waals surface area (Å²) in [6.07, 6.45) is 3.00. The van der Waals surface area contributed by atoms with Crippen molar-refractivity contribution in [2.24, 2.45) is 0 Å². The first kappa shape index (κ1) is 29.1. The van der Waals surface area contributed by atoms with Gasteiger partial charge in [-0.1, -0.05) is 79.4 Å². The Morgan fingerprint density at radius 2 is 1.17 bits per heavy atom. The van der Waals surface area contributed by atoms with Crippen LogP contribution in [0.1, 0.15) is 38.9 Å². The molecule has 0 amide bonds. The summed E-state index contributed by atoms with van der Waals surface area (Å²) in [5.41, 5.74) is -1.08. The van der Waals surface area contributed by atoms with E-state index in [1.165, 1.54) is 19.9 Å². The zero-order valence-electron chi connectivity index (χ0n) is 22.7. The van der Waals surface area contributed by atoms with Crippen LogP contribution in [0.4, 0.5) is 26.3 Å². The minimum Gasteiger partial charge on any atom is -0.194 e. The molecule has 0 aliphatic heterocycles. The van der Waals surface area contributed by atoms with Gasteiger partial charge in [-0.2, -0.15) is 26.3 Å². The number of benzene rings is 2. The molecule has 0 radical (unpaired) electrons. The second-order valence-electron chi connectivity index (χ2n) is 10.0. The number of alkyl halides is 6. The highest BCUT2D eigenvalue weighted by atomic mass is 32.1. The number of rotatable bonds is 6. The Labute approximate surface area is 243 Å². The number of aryl methyl sites for hydroxylation is 1. The van der Waals surface area contributed by atoms with Crippen LogP contribution in [0.3, 0.4) is 0 Å². The van der Waals surface area contributed by atoms with Crippen LogP contribution in [-0.2, 0) is 0 Å². The molecular weight excluding hydrogens is 574 g/mol. The highest BCUT2D eigenvalue weighted by molar-refractivity contribution is 7.17. The van der Waals surface area contributed by atoms with E-state index in [1.807, 2.05) is 0 Å². The molecule has 2 aromatic carbocycles. The second kappa shape index (κ2) is 10.2. The smallest absolute Gasteiger partial charge is 0.194 e. The molecule has 0 saturated heterocycles. The van der Waals surface area contributed by atoms with Crippen LogP contribution < -0.4 is 0 Å². The van der Waals surface area contributed by atoms with E-state index in [9.17, 15) is 0 Å². The summed E-state index contributed by atoms with van der Waals surface area (Å²) in [7, 11) is 0. The fourth-order valence-electron chi connectivity index (χ4n) is 5.32. The molecule has 0 atom stereocenters. The highest BCUT2D eigenvalue weighted by Gasteiger charge is 2.80. The summed E-state index contributed by atoms with van der Waals surface area (Å²) in [5, 5.41) is 0. The first-order chi connectivity index (χ1) is 19.3. The summed E-state index contributed by atoms with van der Waals surface area (Å²) >= 11 is 2.24. The van der Waals surface area contributed by atoms with Crippen molar-refractivity contribution >= 4 is 39.4 Å². The van der Waals surface area contributed by atoms with E-state index in [0.29, 0.717) is 26.5 Å². The van der Waals surface area contributed by atoms with Crippen LogP contribution in [0.15, 0.2) is 79.4 Å². The molecule has 0 N–H and O–H groups in total. The van der Waals surface area contributed by atoms with Crippen LogP contribution in [0.5, 0.6) is 0 Å². The van der Waals surface area contributed by atoms with Crippen LogP contribution >= 0.6 is 22.7 Å². The topological polar surface area (TPSA) is 0 Å². The van der Waals surface area contributed by atoms with E-state index in [2.05, 4.69) is 6.58 Å². The van der Waals surface area contributed by atoms with Crippen molar-refractivity contribution in [2.75, 3.05) is 0 Å². The normalized spacial score (nSPS) is 17.8. The molecule has 4 aromatic rings. The van der Waals surface area contributed by atoms with Gasteiger partial charge >= 0.3 is 17.8 Å². The van der Waals surface area contributed by atoms with Crippen LogP contribution in [0.25, 0.3) is 37.6 Å². The lowest BCUT2D eigenvalue weighted by atomic mass is 9.88. The SMILES string of the molecule is C=CC=C(C)c1sc(-c2ccccc2)c(C)c1C1=C(c2c(-c3ccccc3)sc(C)c2C)C(F)(F)C(F)(F)C1(F)F. The summed E-state index contributed by atoms with van der Waals surface area (Å²) in [5.74, 6) is -16.0. The van der Waals surface area contributed by atoms with Gasteiger partial charge in [0.1, 0.15) is 0 Å². The van der Waals surface area contributed by atoms with Crippen LogP contribution in [0, 0.1) is 20.8 Å². The number of halogens is 6. The maximum atomic E-state index is 16.1. The van der Waals surface area contributed by atoms with Gasteiger partial charge in [0.05, 0.1) is 0 Å². The van der Waals surface area contributed by atoms with Gasteiger partial charge < -0.3 is 0 Å². The third-order valence-electron chi connectivity index (χ3n) is 7.50. The van der Waals surface area contributed by atoms with Crippen molar-refractivity contribution in [3.05, 3.63) is 111 Å². The number of thiophene rings is 2. The maximum absolute atomic E-state index is 16.1. The van der Waals surface area contributed by atoms with E-state index in [4.69, 9.17) is 0 Å². The first-order valence-electron chi connectivity index (χ1n) is 12.8. The maximum Gasteiger partial charge on any atom is 0.380 e. The average Bonchev–Trinajstić information content (AvgIpc) is 3.46. The Hall–Kier alpha value is -3.36. The van der Waals surface area contributed by atoms with Crippen molar-refractivity contribution in [2.45, 2.75) is 45.5 Å². The third kappa shape index (κ3) is 4.26. The number of hydrogen-bond acceptors (Lipinski definition) is 2. The molecule has 0 fully saturated rings. The molecule has 2 aromatic heterocycles. The summed E-state index contributed by atoms with van der Waals surface area (Å²) in [4.78, 5) is 1.58. The third-order valence-corrected chi connectivity index (χ3v) is 10.2. The van der Waals surface area contributed by atoms with E-state index >= 15 is 26.3 Å². The Balaban J connectivity index is 1.98. The Bertz CT molecular complexity index is 1700. The molecule has 0 bridgehead atoms. The zero-order chi connectivity index (χ0) is 29.9. The van der Waals surface area contributed by atoms with Crippen molar-refractivity contribution in [1.29, 1.82) is 0 Å². The summed E-state index contributed by atoms with van der Waals surface area (Å²) in [6.45, 7) is 10.0. The monoisotopic (exact) mass is 600 g/mol. The number of allylic oxidation sites excluding steroid dienone is 5. The molecule has 2 heterocycles. The molecule has 41 heavy (non-hydrogen) atoms. The first-order valence-corrected chi connectivity index (χ1v) is 14.4. The van der Waals surface area contributed by atoms with Gasteiger partial charge in [0, 0.05) is 41.8 Å². The molecule has 1 aliphatic carbocycles. The highest BCUT2D eigenvalue weighted by Crippen LogP contribution is 2.67. The second-order valence-corrected chi connectivity index (χ2v) is 12.3. The van der Waals surface area contributed by atoms with Gasteiger partial charge in [0.15, 0.2) is 0 Å². The molecule has 8 heteroatoms. The molecule has 0 spiro atoms. The molecular formula is C33H26F6S2. The standard InChI is InChI=1S/C33H26F6S2/c1-6-13-18(2)28-25(20(4)29(41-28)22-14-9-7-10-15-22)27-26(31(34,35)33(38,39)32(27,36)37)24-19(3)21(5)40-30(24)23-16-11-8-12-17-23/h6-17H,1H2,2-5H3. The fourth-order valence-corrected chi connectivity index (χ4v) is 7.79. The molecule has 212 valence electrons. The largest absolute Gasteiger partial charge is 0.380 e. The Morgan fingerprint density at radius 3 is 1.68 bits per heavy atom. The lowest BCUT2D eigenvalue weighted by Gasteiger charge is -2.26. The molecule has 0 unspecified atom stereocenters. The van der Waals surface area contributed by atoms with E-state index in [1.54, 1.807) is 80.6 Å². The quantitative estimate of drug-likeness (QED) is 0.153. The minimum atomic E-state index is -5.66.